The fraction of sp³-hybridized carbons (Fsp3) is 0. The molecule has 0 unspecified atom stereocenters. The minimum Gasteiger partial charge on any atom is -0.135 e. The third-order valence-electron chi connectivity index (χ3n) is 5.08. The zero-order chi connectivity index (χ0) is 17.8. The molecule has 2 heterocycles. The minimum atomic E-state index is 0.675. The zero-order valence-electron chi connectivity index (χ0n) is 14.4. The zero-order valence-corrected chi connectivity index (χ0v) is 17.0. The van der Waals surface area contributed by atoms with Crippen LogP contribution in [0.1, 0.15) is 0 Å². The molecule has 3 heteroatoms. The lowest BCUT2D eigenvalue weighted by Crippen LogP contribution is -2.27. The molecule has 0 bridgehead atoms. The SMILES string of the molecule is c1ccc2c(c1)sc1c([Si]c3cccc4c3sc3ccccc34)cccc12. The van der Waals surface area contributed by atoms with Gasteiger partial charge in [-0.1, -0.05) is 72.8 Å². The monoisotopic (exact) mass is 394 g/mol. The lowest BCUT2D eigenvalue weighted by Gasteiger charge is -2.04. The van der Waals surface area contributed by atoms with Gasteiger partial charge in [-0.3, -0.25) is 0 Å². The maximum Gasteiger partial charge on any atom is 0.125 e. The van der Waals surface area contributed by atoms with Gasteiger partial charge in [0.15, 0.2) is 0 Å². The summed E-state index contributed by atoms with van der Waals surface area (Å²) in [6, 6.07) is 31.1. The normalized spacial score (nSPS) is 11.9. The highest BCUT2D eigenvalue weighted by Crippen LogP contribution is 2.34. The molecule has 0 fully saturated rings. The maximum atomic E-state index is 2.31. The van der Waals surface area contributed by atoms with E-state index in [9.17, 15) is 0 Å². The van der Waals surface area contributed by atoms with Gasteiger partial charge in [0.2, 0.25) is 0 Å². The predicted molar refractivity (Wildman–Crippen MR) is 124 cm³/mol. The second-order valence-electron chi connectivity index (χ2n) is 6.69. The summed E-state index contributed by atoms with van der Waals surface area (Å²) < 4.78 is 5.64. The molecule has 6 rings (SSSR count). The molecule has 2 radical (unpaired) electrons. The van der Waals surface area contributed by atoms with Gasteiger partial charge in [0, 0.05) is 40.3 Å². The third kappa shape index (κ3) is 2.39. The van der Waals surface area contributed by atoms with Crippen LogP contribution < -0.4 is 10.4 Å². The number of thiophene rings is 2. The smallest absolute Gasteiger partial charge is 0.125 e. The van der Waals surface area contributed by atoms with E-state index in [1.807, 2.05) is 22.7 Å². The molecule has 0 aliphatic rings. The second-order valence-corrected chi connectivity index (χ2v) is 10.1. The van der Waals surface area contributed by atoms with Crippen LogP contribution in [0, 0.1) is 0 Å². The van der Waals surface area contributed by atoms with Crippen LogP contribution in [-0.2, 0) is 0 Å². The van der Waals surface area contributed by atoms with E-state index in [0.717, 1.165) is 0 Å². The topological polar surface area (TPSA) is 0 Å². The molecule has 27 heavy (non-hydrogen) atoms. The Morgan fingerprint density at radius 2 is 0.889 bits per heavy atom. The van der Waals surface area contributed by atoms with Crippen molar-refractivity contribution in [3.05, 3.63) is 84.9 Å². The van der Waals surface area contributed by atoms with Crippen LogP contribution in [0.4, 0.5) is 0 Å². The molecule has 0 saturated heterocycles. The standard InChI is InChI=1S/C24H14S2Si/c1-3-11-19-15(7-1)17-9-5-13-21(23(17)25-19)27-22-14-6-10-18-16-8-2-4-12-20(16)26-24(18)22/h1-14H. The molecular weight excluding hydrogens is 380 g/mol. The van der Waals surface area contributed by atoms with Crippen molar-refractivity contribution in [2.24, 2.45) is 0 Å². The molecule has 0 aliphatic heterocycles. The average molecular weight is 395 g/mol. The largest absolute Gasteiger partial charge is 0.135 e. The van der Waals surface area contributed by atoms with Gasteiger partial charge in [0.25, 0.3) is 0 Å². The fourth-order valence-electron chi connectivity index (χ4n) is 3.84. The van der Waals surface area contributed by atoms with Crippen molar-refractivity contribution in [1.82, 2.24) is 0 Å². The summed E-state index contributed by atoms with van der Waals surface area (Å²) in [6.07, 6.45) is 0. The molecule has 0 N–H and O–H groups in total. The Bertz CT molecular complexity index is 1340. The molecule has 2 aromatic heterocycles. The Hall–Kier alpha value is -2.46. The van der Waals surface area contributed by atoms with E-state index < -0.39 is 0 Å². The van der Waals surface area contributed by atoms with Crippen molar-refractivity contribution in [2.75, 3.05) is 0 Å². The van der Waals surface area contributed by atoms with Crippen LogP contribution >= 0.6 is 22.7 Å². The van der Waals surface area contributed by atoms with E-state index in [-0.39, 0.29) is 0 Å². The van der Waals surface area contributed by atoms with Gasteiger partial charge >= 0.3 is 0 Å². The summed E-state index contributed by atoms with van der Waals surface area (Å²) in [4.78, 5) is 0. The molecule has 6 aromatic rings. The molecule has 4 aromatic carbocycles. The van der Waals surface area contributed by atoms with Crippen LogP contribution in [0.25, 0.3) is 40.3 Å². The van der Waals surface area contributed by atoms with Crippen LogP contribution in [-0.4, -0.2) is 9.52 Å². The highest BCUT2D eigenvalue weighted by atomic mass is 32.1. The number of hydrogen-bond donors (Lipinski definition) is 0. The van der Waals surface area contributed by atoms with Gasteiger partial charge in [-0.05, 0) is 22.5 Å². The fourth-order valence-corrected chi connectivity index (χ4v) is 7.84. The van der Waals surface area contributed by atoms with Crippen molar-refractivity contribution >= 4 is 82.9 Å². The number of benzene rings is 4. The Kier molecular flexibility index (Phi) is 3.48. The first kappa shape index (κ1) is 15.6. The average Bonchev–Trinajstić information content (AvgIpc) is 3.28. The van der Waals surface area contributed by atoms with Crippen molar-refractivity contribution in [2.45, 2.75) is 0 Å². The predicted octanol–water partition coefficient (Wildman–Crippen LogP) is 6.08. The quantitative estimate of drug-likeness (QED) is 0.312. The summed E-state index contributed by atoms with van der Waals surface area (Å²) in [5.41, 5.74) is 0. The van der Waals surface area contributed by atoms with Crippen molar-refractivity contribution in [3.8, 4) is 0 Å². The number of rotatable bonds is 2. The van der Waals surface area contributed by atoms with E-state index >= 15 is 0 Å². The molecule has 126 valence electrons. The van der Waals surface area contributed by atoms with E-state index in [2.05, 4.69) is 84.9 Å². The van der Waals surface area contributed by atoms with Crippen LogP contribution in [0.5, 0.6) is 0 Å². The lowest BCUT2D eigenvalue weighted by molar-refractivity contribution is 1.85. The van der Waals surface area contributed by atoms with E-state index in [0.29, 0.717) is 9.52 Å². The minimum absolute atomic E-state index is 0.675. The molecule has 0 nitrogen and oxygen atoms in total. The van der Waals surface area contributed by atoms with Crippen molar-refractivity contribution < 1.29 is 0 Å². The molecule has 0 amide bonds. The first-order valence-corrected chi connectivity index (χ1v) is 11.6. The van der Waals surface area contributed by atoms with Gasteiger partial charge in [0.1, 0.15) is 9.52 Å². The van der Waals surface area contributed by atoms with Gasteiger partial charge in [-0.2, -0.15) is 0 Å². The summed E-state index contributed by atoms with van der Waals surface area (Å²) in [5.74, 6) is 0. The van der Waals surface area contributed by atoms with Gasteiger partial charge < -0.3 is 0 Å². The first-order valence-electron chi connectivity index (χ1n) is 8.96. The molecule has 0 aliphatic carbocycles. The second kappa shape index (κ2) is 6.03. The van der Waals surface area contributed by atoms with E-state index in [1.54, 1.807) is 0 Å². The molecule has 0 atom stereocenters. The van der Waals surface area contributed by atoms with Crippen molar-refractivity contribution in [3.63, 3.8) is 0 Å². The summed E-state index contributed by atoms with van der Waals surface area (Å²) in [5, 5.41) is 8.46. The lowest BCUT2D eigenvalue weighted by atomic mass is 10.1. The van der Waals surface area contributed by atoms with Gasteiger partial charge in [0.05, 0.1) is 0 Å². The summed E-state index contributed by atoms with van der Waals surface area (Å²) in [7, 11) is 0.675. The molecule has 0 spiro atoms. The summed E-state index contributed by atoms with van der Waals surface area (Å²) in [6.45, 7) is 0. The Labute approximate surface area is 167 Å². The Balaban J connectivity index is 1.57. The Morgan fingerprint density at radius 3 is 1.41 bits per heavy atom. The highest BCUT2D eigenvalue weighted by molar-refractivity contribution is 7.28. The summed E-state index contributed by atoms with van der Waals surface area (Å²) >= 11 is 3.86. The van der Waals surface area contributed by atoms with Crippen LogP contribution in [0.3, 0.4) is 0 Å². The highest BCUT2D eigenvalue weighted by Gasteiger charge is 2.13. The Morgan fingerprint density at radius 1 is 0.444 bits per heavy atom. The number of fused-ring (bicyclic) bond motifs is 6. The maximum absolute atomic E-state index is 2.31. The molecule has 0 saturated carbocycles. The third-order valence-corrected chi connectivity index (χ3v) is 9.25. The van der Waals surface area contributed by atoms with Crippen LogP contribution in [0.2, 0.25) is 0 Å². The first-order chi connectivity index (χ1) is 13.4. The van der Waals surface area contributed by atoms with E-state index in [4.69, 9.17) is 0 Å². The van der Waals surface area contributed by atoms with E-state index in [1.165, 1.54) is 50.7 Å². The number of hydrogen-bond acceptors (Lipinski definition) is 2. The van der Waals surface area contributed by atoms with Gasteiger partial charge in [-0.15, -0.1) is 22.7 Å². The van der Waals surface area contributed by atoms with Crippen molar-refractivity contribution in [1.29, 1.82) is 0 Å². The van der Waals surface area contributed by atoms with Crippen LogP contribution in [0.15, 0.2) is 84.9 Å². The molecular formula is C24H14S2Si. The van der Waals surface area contributed by atoms with Gasteiger partial charge in [-0.25, -0.2) is 0 Å².